The van der Waals surface area contributed by atoms with Gasteiger partial charge >= 0.3 is 0 Å². The molecule has 0 aliphatic heterocycles. The van der Waals surface area contributed by atoms with Gasteiger partial charge in [0.15, 0.2) is 5.82 Å². The Morgan fingerprint density at radius 2 is 2.26 bits per heavy atom. The highest BCUT2D eigenvalue weighted by Crippen LogP contribution is 2.19. The molecule has 102 valence electrons. The van der Waals surface area contributed by atoms with Gasteiger partial charge in [0.25, 0.3) is 5.88 Å². The van der Waals surface area contributed by atoms with E-state index in [0.29, 0.717) is 24.8 Å². The van der Waals surface area contributed by atoms with Crippen LogP contribution < -0.4 is 10.1 Å². The van der Waals surface area contributed by atoms with Gasteiger partial charge in [0.2, 0.25) is 0 Å². The summed E-state index contributed by atoms with van der Waals surface area (Å²) in [6.45, 7) is 4.87. The van der Waals surface area contributed by atoms with E-state index in [0.717, 1.165) is 4.88 Å². The Hall–Kier alpha value is -1.46. The van der Waals surface area contributed by atoms with Gasteiger partial charge in [0, 0.05) is 29.2 Å². The number of nitrogens with one attached hydrogen (secondary N) is 1. The molecule has 0 saturated heterocycles. The third-order valence-corrected chi connectivity index (χ3v) is 3.42. The molecule has 0 fully saturated rings. The SMILES string of the molecule is CC(C)NCc1ccnc(OCc2cccs2)c1F. The number of aromatic nitrogens is 1. The summed E-state index contributed by atoms with van der Waals surface area (Å²) in [5.74, 6) is -0.316. The number of halogens is 1. The topological polar surface area (TPSA) is 34.2 Å². The lowest BCUT2D eigenvalue weighted by molar-refractivity contribution is 0.278. The van der Waals surface area contributed by atoms with Crippen molar-refractivity contribution in [3.63, 3.8) is 0 Å². The Kier molecular flexibility index (Phi) is 4.87. The van der Waals surface area contributed by atoms with Crippen LogP contribution in [0.1, 0.15) is 24.3 Å². The van der Waals surface area contributed by atoms with E-state index >= 15 is 0 Å². The lowest BCUT2D eigenvalue weighted by Crippen LogP contribution is -2.22. The van der Waals surface area contributed by atoms with Crippen molar-refractivity contribution in [2.45, 2.75) is 33.0 Å². The number of nitrogens with zero attached hydrogens (tertiary/aromatic N) is 1. The average molecular weight is 280 g/mol. The van der Waals surface area contributed by atoms with E-state index in [9.17, 15) is 4.39 Å². The van der Waals surface area contributed by atoms with Gasteiger partial charge in [-0.2, -0.15) is 0 Å². The maximum Gasteiger partial charge on any atom is 0.251 e. The number of rotatable bonds is 6. The van der Waals surface area contributed by atoms with E-state index in [4.69, 9.17) is 4.74 Å². The van der Waals surface area contributed by atoms with Gasteiger partial charge in [0.1, 0.15) is 6.61 Å². The number of hydrogen-bond donors (Lipinski definition) is 1. The number of thiophene rings is 1. The molecule has 2 heterocycles. The first-order valence-corrected chi connectivity index (χ1v) is 7.06. The van der Waals surface area contributed by atoms with Crippen LogP contribution in [0.2, 0.25) is 0 Å². The molecule has 0 saturated carbocycles. The van der Waals surface area contributed by atoms with Crippen LogP contribution in [-0.4, -0.2) is 11.0 Å². The lowest BCUT2D eigenvalue weighted by atomic mass is 10.2. The summed E-state index contributed by atoms with van der Waals surface area (Å²) in [4.78, 5) is 4.99. The van der Waals surface area contributed by atoms with Gasteiger partial charge in [-0.3, -0.25) is 0 Å². The maximum atomic E-state index is 14.1. The zero-order valence-corrected chi connectivity index (χ0v) is 11.8. The molecule has 2 rings (SSSR count). The Morgan fingerprint density at radius 1 is 1.42 bits per heavy atom. The summed E-state index contributed by atoms with van der Waals surface area (Å²) in [6, 6.07) is 5.87. The molecule has 0 radical (unpaired) electrons. The maximum absolute atomic E-state index is 14.1. The predicted octanol–water partition coefficient (Wildman–Crippen LogP) is 3.36. The van der Waals surface area contributed by atoms with Gasteiger partial charge in [-0.15, -0.1) is 11.3 Å². The quantitative estimate of drug-likeness (QED) is 0.881. The zero-order valence-electron chi connectivity index (χ0n) is 11.0. The molecule has 0 aromatic carbocycles. The van der Waals surface area contributed by atoms with Crippen LogP contribution in [0.25, 0.3) is 0 Å². The van der Waals surface area contributed by atoms with Crippen LogP contribution in [0.4, 0.5) is 4.39 Å². The van der Waals surface area contributed by atoms with Crippen LogP contribution in [0.5, 0.6) is 5.88 Å². The van der Waals surface area contributed by atoms with E-state index in [1.54, 1.807) is 23.6 Å². The van der Waals surface area contributed by atoms with Gasteiger partial charge < -0.3 is 10.1 Å². The summed E-state index contributed by atoms with van der Waals surface area (Å²) in [5.41, 5.74) is 0.574. The van der Waals surface area contributed by atoms with Crippen LogP contribution in [0.15, 0.2) is 29.8 Å². The summed E-state index contributed by atoms with van der Waals surface area (Å²) in [5, 5.41) is 5.14. The molecule has 3 nitrogen and oxygen atoms in total. The molecule has 0 spiro atoms. The van der Waals surface area contributed by atoms with Crippen LogP contribution in [0, 0.1) is 5.82 Å². The van der Waals surface area contributed by atoms with Crippen molar-refractivity contribution in [1.82, 2.24) is 10.3 Å². The predicted molar refractivity (Wildman–Crippen MR) is 74.8 cm³/mol. The van der Waals surface area contributed by atoms with Gasteiger partial charge in [-0.05, 0) is 17.5 Å². The lowest BCUT2D eigenvalue weighted by Gasteiger charge is -2.11. The largest absolute Gasteiger partial charge is 0.470 e. The van der Waals surface area contributed by atoms with E-state index in [1.165, 1.54) is 0 Å². The molecule has 2 aromatic rings. The summed E-state index contributed by atoms with van der Waals surface area (Å²) in [6.07, 6.45) is 1.57. The molecular weight excluding hydrogens is 263 g/mol. The second-order valence-electron chi connectivity index (χ2n) is 4.49. The molecule has 5 heteroatoms. The summed E-state index contributed by atoms with van der Waals surface area (Å²) < 4.78 is 19.6. The third-order valence-electron chi connectivity index (χ3n) is 2.57. The monoisotopic (exact) mass is 280 g/mol. The second kappa shape index (κ2) is 6.63. The van der Waals surface area contributed by atoms with Crippen LogP contribution in [-0.2, 0) is 13.2 Å². The molecule has 1 N–H and O–H groups in total. The minimum Gasteiger partial charge on any atom is -0.470 e. The average Bonchev–Trinajstić information content (AvgIpc) is 2.89. The minimum absolute atomic E-state index is 0.0662. The molecule has 0 amide bonds. The highest BCUT2D eigenvalue weighted by Gasteiger charge is 2.11. The molecule has 0 aliphatic carbocycles. The van der Waals surface area contributed by atoms with Crippen molar-refractivity contribution in [1.29, 1.82) is 0 Å². The minimum atomic E-state index is -0.382. The highest BCUT2D eigenvalue weighted by atomic mass is 32.1. The second-order valence-corrected chi connectivity index (χ2v) is 5.53. The van der Waals surface area contributed by atoms with Crippen molar-refractivity contribution >= 4 is 11.3 Å². The number of hydrogen-bond acceptors (Lipinski definition) is 4. The molecule has 0 unspecified atom stereocenters. The van der Waals surface area contributed by atoms with Gasteiger partial charge in [-0.25, -0.2) is 9.37 Å². The Bertz CT molecular complexity index is 514. The fourth-order valence-electron chi connectivity index (χ4n) is 1.55. The smallest absolute Gasteiger partial charge is 0.251 e. The fourth-order valence-corrected chi connectivity index (χ4v) is 2.16. The van der Waals surface area contributed by atoms with Gasteiger partial charge in [0.05, 0.1) is 0 Å². The first-order chi connectivity index (χ1) is 9.16. The molecular formula is C14H17FN2OS. The van der Waals surface area contributed by atoms with E-state index < -0.39 is 0 Å². The van der Waals surface area contributed by atoms with E-state index in [2.05, 4.69) is 10.3 Å². The van der Waals surface area contributed by atoms with Crippen molar-refractivity contribution in [3.05, 3.63) is 46.0 Å². The standard InChI is InChI=1S/C14H17FN2OS/c1-10(2)17-8-11-5-6-16-14(13(11)15)18-9-12-4-3-7-19-12/h3-7,10,17H,8-9H2,1-2H3. The van der Waals surface area contributed by atoms with Crippen molar-refractivity contribution in [2.75, 3.05) is 0 Å². The molecule has 0 bridgehead atoms. The zero-order chi connectivity index (χ0) is 13.7. The first kappa shape index (κ1) is 14.0. The van der Waals surface area contributed by atoms with Crippen molar-refractivity contribution < 1.29 is 9.13 Å². The van der Waals surface area contributed by atoms with Crippen molar-refractivity contribution in [3.8, 4) is 5.88 Å². The fraction of sp³-hybridized carbons (Fsp3) is 0.357. The molecule has 0 aliphatic rings. The normalized spacial score (nSPS) is 10.9. The van der Waals surface area contributed by atoms with E-state index in [-0.39, 0.29) is 11.7 Å². The van der Waals surface area contributed by atoms with Gasteiger partial charge in [-0.1, -0.05) is 19.9 Å². The van der Waals surface area contributed by atoms with Crippen LogP contribution >= 0.6 is 11.3 Å². The van der Waals surface area contributed by atoms with E-state index in [1.807, 2.05) is 31.4 Å². The van der Waals surface area contributed by atoms with Crippen molar-refractivity contribution in [2.24, 2.45) is 0 Å². The molecule has 0 atom stereocenters. The summed E-state index contributed by atoms with van der Waals surface area (Å²) in [7, 11) is 0. The molecule has 19 heavy (non-hydrogen) atoms. The number of pyridine rings is 1. The Labute approximate surface area is 116 Å². The summed E-state index contributed by atoms with van der Waals surface area (Å²) >= 11 is 1.58. The highest BCUT2D eigenvalue weighted by molar-refractivity contribution is 7.09. The Balaban J connectivity index is 2.02. The first-order valence-electron chi connectivity index (χ1n) is 6.18. The number of ether oxygens (including phenoxy) is 1. The third kappa shape index (κ3) is 4.01. The van der Waals surface area contributed by atoms with Crippen LogP contribution in [0.3, 0.4) is 0 Å². The Morgan fingerprint density at radius 3 is 2.95 bits per heavy atom. The molecule has 2 aromatic heterocycles.